The summed E-state index contributed by atoms with van der Waals surface area (Å²) in [6.07, 6.45) is 1.82. The first-order chi connectivity index (χ1) is 18.5. The molecule has 1 N–H and O–H groups in total. The van der Waals surface area contributed by atoms with E-state index < -0.39 is 6.04 Å². The molecule has 0 saturated heterocycles. The molecule has 5 rings (SSSR count). The lowest BCUT2D eigenvalue weighted by molar-refractivity contribution is -0.113. The van der Waals surface area contributed by atoms with Crippen LogP contribution >= 0.6 is 11.3 Å². The molecule has 1 aliphatic rings. The van der Waals surface area contributed by atoms with Gasteiger partial charge in [-0.1, -0.05) is 59.9 Å². The van der Waals surface area contributed by atoms with Gasteiger partial charge in [0.15, 0.2) is 4.80 Å². The molecular formula is C30H27N3O4S. The van der Waals surface area contributed by atoms with Gasteiger partial charge in [0.05, 0.1) is 35.6 Å². The van der Waals surface area contributed by atoms with Crippen LogP contribution in [0.25, 0.3) is 6.08 Å². The molecule has 8 heteroatoms. The number of allylic oxidation sites excluding steroid dienone is 1. The van der Waals surface area contributed by atoms with Crippen LogP contribution in [0.5, 0.6) is 11.5 Å². The minimum absolute atomic E-state index is 0.231. The Morgan fingerprint density at radius 3 is 2.61 bits per heavy atom. The van der Waals surface area contributed by atoms with Gasteiger partial charge >= 0.3 is 0 Å². The number of nitrogens with one attached hydrogen (secondary N) is 1. The number of ether oxygens (including phenoxy) is 2. The van der Waals surface area contributed by atoms with Crippen molar-refractivity contribution in [2.24, 2.45) is 4.99 Å². The summed E-state index contributed by atoms with van der Waals surface area (Å²) in [4.78, 5) is 32.8. The van der Waals surface area contributed by atoms with Crippen molar-refractivity contribution in [2.45, 2.75) is 19.9 Å². The van der Waals surface area contributed by atoms with Crippen LogP contribution in [0.2, 0.25) is 0 Å². The van der Waals surface area contributed by atoms with E-state index in [-0.39, 0.29) is 11.5 Å². The van der Waals surface area contributed by atoms with Crippen LogP contribution in [0.4, 0.5) is 5.69 Å². The number of thiazole rings is 1. The van der Waals surface area contributed by atoms with Crippen LogP contribution in [0.3, 0.4) is 0 Å². The summed E-state index contributed by atoms with van der Waals surface area (Å²) >= 11 is 1.29. The highest BCUT2D eigenvalue weighted by Crippen LogP contribution is 2.32. The highest BCUT2D eigenvalue weighted by atomic mass is 32.1. The van der Waals surface area contributed by atoms with E-state index >= 15 is 0 Å². The molecule has 0 aliphatic carbocycles. The number of carbonyl (C=O) groups is 1. The monoisotopic (exact) mass is 525 g/mol. The standard InChI is InChI=1S/C30H27N3O4S/c1-4-37-24-16-9-8-11-20(24)18-25-29(35)33-27(21-12-10-15-23(17-21)36-3)26(19(2)31-30(33)38-25)28(34)32-22-13-6-5-7-14-22/h5-18,27H,4H2,1-3H3,(H,32,34)/b25-18-/t27-/m0/s1. The Labute approximate surface area is 224 Å². The van der Waals surface area contributed by atoms with E-state index in [0.717, 1.165) is 11.1 Å². The highest BCUT2D eigenvalue weighted by Gasteiger charge is 2.32. The Balaban J connectivity index is 1.69. The molecular weight excluding hydrogens is 498 g/mol. The number of methoxy groups -OCH3 is 1. The molecule has 0 unspecified atom stereocenters. The van der Waals surface area contributed by atoms with Gasteiger partial charge in [-0.3, -0.25) is 14.2 Å². The van der Waals surface area contributed by atoms with Crippen molar-refractivity contribution in [3.05, 3.63) is 121 Å². The number of carbonyl (C=O) groups excluding carboxylic acids is 1. The Kier molecular flexibility index (Phi) is 7.24. The number of hydrogen-bond acceptors (Lipinski definition) is 6. The molecule has 2 heterocycles. The van der Waals surface area contributed by atoms with Gasteiger partial charge in [0.2, 0.25) is 0 Å². The maximum absolute atomic E-state index is 13.9. The van der Waals surface area contributed by atoms with Gasteiger partial charge in [0, 0.05) is 11.3 Å². The van der Waals surface area contributed by atoms with Crippen molar-refractivity contribution < 1.29 is 14.3 Å². The molecule has 0 fully saturated rings. The van der Waals surface area contributed by atoms with Crippen LogP contribution in [-0.4, -0.2) is 24.2 Å². The quantitative estimate of drug-likeness (QED) is 0.391. The maximum Gasteiger partial charge on any atom is 0.271 e. The van der Waals surface area contributed by atoms with E-state index in [4.69, 9.17) is 14.5 Å². The van der Waals surface area contributed by atoms with Crippen LogP contribution in [-0.2, 0) is 4.79 Å². The Morgan fingerprint density at radius 1 is 1.08 bits per heavy atom. The fourth-order valence-electron chi connectivity index (χ4n) is 4.49. The Hall–Kier alpha value is -4.43. The predicted molar refractivity (Wildman–Crippen MR) is 149 cm³/mol. The second kappa shape index (κ2) is 10.9. The number of fused-ring (bicyclic) bond motifs is 1. The molecule has 3 aromatic carbocycles. The van der Waals surface area contributed by atoms with Gasteiger partial charge in [-0.25, -0.2) is 4.99 Å². The van der Waals surface area contributed by atoms with E-state index in [1.54, 1.807) is 18.6 Å². The van der Waals surface area contributed by atoms with E-state index in [1.807, 2.05) is 91.9 Å². The summed E-state index contributed by atoms with van der Waals surface area (Å²) in [5, 5.41) is 2.96. The predicted octanol–water partition coefficient (Wildman–Crippen LogP) is 4.28. The number of rotatable bonds is 7. The molecule has 1 aromatic heterocycles. The summed E-state index contributed by atoms with van der Waals surface area (Å²) in [5.41, 5.74) is 2.93. The van der Waals surface area contributed by atoms with E-state index in [2.05, 4.69) is 5.32 Å². The topological polar surface area (TPSA) is 81.9 Å². The largest absolute Gasteiger partial charge is 0.497 e. The molecule has 4 aromatic rings. The van der Waals surface area contributed by atoms with Crippen molar-refractivity contribution in [2.75, 3.05) is 19.0 Å². The molecule has 1 aliphatic heterocycles. The molecule has 0 spiro atoms. The summed E-state index contributed by atoms with van der Waals surface area (Å²) in [6, 6.07) is 23.5. The number of benzene rings is 3. The van der Waals surface area contributed by atoms with Crippen LogP contribution in [0.1, 0.15) is 31.0 Å². The van der Waals surface area contributed by atoms with Gasteiger partial charge in [-0.2, -0.15) is 0 Å². The number of anilines is 1. The SMILES string of the molecule is CCOc1ccccc1/C=c1\sc2n(c1=O)[C@@H](c1cccc(OC)c1)C(C(=O)Nc1ccccc1)=C(C)N=2. The molecule has 1 atom stereocenters. The number of para-hydroxylation sites is 2. The van der Waals surface area contributed by atoms with Gasteiger partial charge in [0.25, 0.3) is 11.5 Å². The van der Waals surface area contributed by atoms with Gasteiger partial charge < -0.3 is 14.8 Å². The Morgan fingerprint density at radius 2 is 1.84 bits per heavy atom. The first kappa shape index (κ1) is 25.2. The zero-order valence-corrected chi connectivity index (χ0v) is 22.1. The zero-order valence-electron chi connectivity index (χ0n) is 21.3. The second-order valence-electron chi connectivity index (χ2n) is 8.65. The summed E-state index contributed by atoms with van der Waals surface area (Å²) < 4.78 is 13.3. The van der Waals surface area contributed by atoms with E-state index in [0.29, 0.717) is 44.4 Å². The lowest BCUT2D eigenvalue weighted by atomic mass is 9.95. The maximum atomic E-state index is 13.9. The third kappa shape index (κ3) is 4.90. The molecule has 0 bridgehead atoms. The Bertz CT molecular complexity index is 1700. The second-order valence-corrected chi connectivity index (χ2v) is 9.66. The smallest absolute Gasteiger partial charge is 0.271 e. The minimum atomic E-state index is -0.686. The summed E-state index contributed by atoms with van der Waals surface area (Å²) in [5.74, 6) is 1.01. The fourth-order valence-corrected chi connectivity index (χ4v) is 5.52. The number of aromatic nitrogens is 1. The first-order valence-electron chi connectivity index (χ1n) is 12.2. The number of nitrogens with zero attached hydrogens (tertiary/aromatic N) is 2. The van der Waals surface area contributed by atoms with Crippen molar-refractivity contribution in [3.8, 4) is 11.5 Å². The van der Waals surface area contributed by atoms with Gasteiger partial charge in [-0.15, -0.1) is 0 Å². The van der Waals surface area contributed by atoms with Crippen molar-refractivity contribution in [3.63, 3.8) is 0 Å². The van der Waals surface area contributed by atoms with Crippen LogP contribution in [0.15, 0.2) is 99.9 Å². The molecule has 7 nitrogen and oxygen atoms in total. The van der Waals surface area contributed by atoms with Gasteiger partial charge in [-0.05, 0) is 55.8 Å². The summed E-state index contributed by atoms with van der Waals surface area (Å²) in [7, 11) is 1.59. The number of hydrogen-bond donors (Lipinski definition) is 1. The molecule has 0 saturated carbocycles. The molecule has 1 amide bonds. The lowest BCUT2D eigenvalue weighted by Gasteiger charge is -2.25. The van der Waals surface area contributed by atoms with Crippen molar-refractivity contribution >= 4 is 29.0 Å². The van der Waals surface area contributed by atoms with Crippen LogP contribution in [0, 0.1) is 0 Å². The van der Waals surface area contributed by atoms with Gasteiger partial charge in [0.1, 0.15) is 11.5 Å². The highest BCUT2D eigenvalue weighted by molar-refractivity contribution is 7.07. The molecule has 192 valence electrons. The van der Waals surface area contributed by atoms with E-state index in [1.165, 1.54) is 11.3 Å². The molecule has 0 radical (unpaired) electrons. The number of amides is 1. The zero-order chi connectivity index (χ0) is 26.6. The van der Waals surface area contributed by atoms with Crippen molar-refractivity contribution in [1.29, 1.82) is 0 Å². The average Bonchev–Trinajstić information content (AvgIpc) is 3.23. The first-order valence-corrected chi connectivity index (χ1v) is 13.1. The minimum Gasteiger partial charge on any atom is -0.497 e. The third-order valence-electron chi connectivity index (χ3n) is 6.21. The van der Waals surface area contributed by atoms with E-state index in [9.17, 15) is 9.59 Å². The average molecular weight is 526 g/mol. The van der Waals surface area contributed by atoms with Crippen LogP contribution < -0.4 is 29.7 Å². The fraction of sp³-hybridized carbons (Fsp3) is 0.167. The normalized spacial score (nSPS) is 15.0. The summed E-state index contributed by atoms with van der Waals surface area (Å²) in [6.45, 7) is 4.24. The third-order valence-corrected chi connectivity index (χ3v) is 7.20. The molecule has 38 heavy (non-hydrogen) atoms. The lowest BCUT2D eigenvalue weighted by Crippen LogP contribution is -2.40. The van der Waals surface area contributed by atoms with Crippen molar-refractivity contribution in [1.82, 2.24) is 4.57 Å².